The average molecular weight is 212 g/mol. The molecule has 1 aromatic rings. The molecular formula is C11H14N2O2. The number of amides is 2. The van der Waals surface area contributed by atoms with E-state index in [4.69, 9.17) is 8.22 Å². The molecule has 0 bridgehead atoms. The molecule has 0 aromatic heterocycles. The van der Waals surface area contributed by atoms with E-state index in [0.29, 0.717) is 5.56 Å². The minimum absolute atomic E-state index is 0.237. The van der Waals surface area contributed by atoms with Crippen molar-refractivity contribution >= 4 is 23.2 Å². The molecule has 0 saturated carbocycles. The maximum Gasteiger partial charge on any atom is 0.221 e. The van der Waals surface area contributed by atoms with Crippen LogP contribution in [0.4, 0.5) is 11.4 Å². The largest absolute Gasteiger partial charge is 0.326 e. The van der Waals surface area contributed by atoms with E-state index in [0.717, 1.165) is 0 Å². The third-order valence-corrected chi connectivity index (χ3v) is 1.73. The van der Waals surface area contributed by atoms with Crippen LogP contribution in [-0.4, -0.2) is 11.8 Å². The van der Waals surface area contributed by atoms with Crippen LogP contribution in [0.15, 0.2) is 18.2 Å². The molecule has 15 heavy (non-hydrogen) atoms. The van der Waals surface area contributed by atoms with E-state index in [1.165, 1.54) is 18.2 Å². The minimum Gasteiger partial charge on any atom is -0.326 e. The van der Waals surface area contributed by atoms with Gasteiger partial charge in [-0.25, -0.2) is 0 Å². The number of rotatable bonds is 2. The van der Waals surface area contributed by atoms with Gasteiger partial charge in [0.15, 0.2) is 0 Å². The molecule has 0 aliphatic rings. The Morgan fingerprint density at radius 1 is 1.20 bits per heavy atom. The zero-order valence-electron chi connectivity index (χ0n) is 14.0. The fraction of sp³-hybridized carbons (Fsp3) is 0.273. The molecule has 1 rings (SSSR count). The summed E-state index contributed by atoms with van der Waals surface area (Å²) in [5.74, 6) is -2.24. The molecule has 0 saturated heterocycles. The second kappa shape index (κ2) is 4.59. The van der Waals surface area contributed by atoms with E-state index in [-0.39, 0.29) is 11.4 Å². The van der Waals surface area contributed by atoms with Crippen LogP contribution < -0.4 is 10.6 Å². The standard InChI is InChI=1S/C11H14N2O2/c1-7-6-10(12-8(2)14)4-5-11(7)13-9(3)15/h4-6H,1-3H3,(H,12,14)(H,13,15)/i2D3,3D3. The highest BCUT2D eigenvalue weighted by molar-refractivity contribution is 5.91. The first-order valence-electron chi connectivity index (χ1n) is 7.15. The van der Waals surface area contributed by atoms with Crippen LogP contribution in [0.3, 0.4) is 0 Å². The first-order chi connectivity index (χ1) is 9.41. The van der Waals surface area contributed by atoms with Gasteiger partial charge in [0.1, 0.15) is 0 Å². The average Bonchev–Trinajstić information content (AvgIpc) is 2.30. The first kappa shape index (κ1) is 5.30. The van der Waals surface area contributed by atoms with Gasteiger partial charge >= 0.3 is 0 Å². The Hall–Kier alpha value is -1.84. The summed E-state index contributed by atoms with van der Waals surface area (Å²) in [6.45, 7) is -3.94. The Morgan fingerprint density at radius 2 is 1.87 bits per heavy atom. The Kier molecular flexibility index (Phi) is 1.62. The number of carbonyl (C=O) groups excluding carboxylic acids is 2. The van der Waals surface area contributed by atoms with E-state index in [1.807, 2.05) is 0 Å². The van der Waals surface area contributed by atoms with Crippen molar-refractivity contribution in [3.05, 3.63) is 23.8 Å². The van der Waals surface area contributed by atoms with Gasteiger partial charge in [-0.3, -0.25) is 9.59 Å². The van der Waals surface area contributed by atoms with Crippen molar-refractivity contribution in [2.75, 3.05) is 10.6 Å². The van der Waals surface area contributed by atoms with Crippen molar-refractivity contribution in [1.29, 1.82) is 0 Å². The van der Waals surface area contributed by atoms with Crippen molar-refractivity contribution in [2.24, 2.45) is 0 Å². The lowest BCUT2D eigenvalue weighted by molar-refractivity contribution is -0.115. The van der Waals surface area contributed by atoms with Gasteiger partial charge in [0.05, 0.1) is 0 Å². The Labute approximate surface area is 97.1 Å². The van der Waals surface area contributed by atoms with Crippen molar-refractivity contribution in [3.63, 3.8) is 0 Å². The Balaban J connectivity index is 2.87. The van der Waals surface area contributed by atoms with Crippen molar-refractivity contribution in [2.45, 2.75) is 20.6 Å². The Morgan fingerprint density at radius 3 is 2.47 bits per heavy atom. The van der Waals surface area contributed by atoms with Crippen LogP contribution in [0, 0.1) is 6.92 Å². The topological polar surface area (TPSA) is 58.2 Å². The zero-order valence-corrected chi connectivity index (χ0v) is 8.05. The molecule has 0 fully saturated rings. The van der Waals surface area contributed by atoms with E-state index >= 15 is 0 Å². The van der Waals surface area contributed by atoms with E-state index in [1.54, 1.807) is 6.92 Å². The normalized spacial score (nSPS) is 17.1. The van der Waals surface area contributed by atoms with Gasteiger partial charge in [0, 0.05) is 33.3 Å². The van der Waals surface area contributed by atoms with E-state index < -0.39 is 25.5 Å². The molecule has 0 unspecified atom stereocenters. The molecule has 4 nitrogen and oxygen atoms in total. The van der Waals surface area contributed by atoms with Gasteiger partial charge in [-0.15, -0.1) is 0 Å². The van der Waals surface area contributed by atoms with Crippen LogP contribution in [0.5, 0.6) is 0 Å². The number of aryl methyl sites for hydroxylation is 1. The number of nitrogens with one attached hydrogen (secondary N) is 2. The maximum atomic E-state index is 11.4. The van der Waals surface area contributed by atoms with Gasteiger partial charge in [-0.05, 0) is 30.7 Å². The fourth-order valence-electron chi connectivity index (χ4n) is 1.14. The second-order valence-corrected chi connectivity index (χ2v) is 2.94. The molecule has 2 N–H and O–H groups in total. The van der Waals surface area contributed by atoms with Gasteiger partial charge in [0.2, 0.25) is 11.8 Å². The monoisotopic (exact) mass is 212 g/mol. The van der Waals surface area contributed by atoms with E-state index in [9.17, 15) is 9.59 Å². The van der Waals surface area contributed by atoms with Gasteiger partial charge < -0.3 is 10.6 Å². The summed E-state index contributed by atoms with van der Waals surface area (Å²) >= 11 is 0. The lowest BCUT2D eigenvalue weighted by Crippen LogP contribution is -2.09. The number of anilines is 2. The third-order valence-electron chi connectivity index (χ3n) is 1.73. The van der Waals surface area contributed by atoms with Gasteiger partial charge in [-0.1, -0.05) is 0 Å². The van der Waals surface area contributed by atoms with E-state index in [2.05, 4.69) is 10.6 Å². The predicted molar refractivity (Wildman–Crippen MR) is 59.8 cm³/mol. The second-order valence-electron chi connectivity index (χ2n) is 2.94. The first-order valence-corrected chi connectivity index (χ1v) is 4.15. The molecule has 2 amide bonds. The lowest BCUT2D eigenvalue weighted by Gasteiger charge is -2.08. The maximum absolute atomic E-state index is 11.4. The molecule has 0 atom stereocenters. The summed E-state index contributed by atoms with van der Waals surface area (Å²) < 4.78 is 41.7. The molecule has 4 heteroatoms. The van der Waals surface area contributed by atoms with Gasteiger partial charge in [-0.2, -0.15) is 0 Å². The van der Waals surface area contributed by atoms with Crippen molar-refractivity contribution in [1.82, 2.24) is 0 Å². The summed E-state index contributed by atoms with van der Waals surface area (Å²) in [6, 6.07) is 4.18. The highest BCUT2D eigenvalue weighted by atomic mass is 16.2. The molecule has 80 valence electrons. The van der Waals surface area contributed by atoms with Gasteiger partial charge in [0.25, 0.3) is 0 Å². The highest BCUT2D eigenvalue weighted by Gasteiger charge is 2.02. The van der Waals surface area contributed by atoms with Crippen molar-refractivity contribution in [3.8, 4) is 0 Å². The summed E-state index contributed by atoms with van der Waals surface area (Å²) in [5.41, 5.74) is 0.986. The fourth-order valence-corrected chi connectivity index (χ4v) is 1.14. The van der Waals surface area contributed by atoms with Crippen LogP contribution in [-0.2, 0) is 9.59 Å². The third kappa shape index (κ3) is 3.42. The van der Waals surface area contributed by atoms with Crippen LogP contribution in [0.2, 0.25) is 0 Å². The van der Waals surface area contributed by atoms with Crippen molar-refractivity contribution < 1.29 is 17.8 Å². The smallest absolute Gasteiger partial charge is 0.221 e. The van der Waals surface area contributed by atoms with Crippen LogP contribution in [0.25, 0.3) is 0 Å². The van der Waals surface area contributed by atoms with Crippen LogP contribution >= 0.6 is 0 Å². The molecule has 0 aliphatic carbocycles. The quantitative estimate of drug-likeness (QED) is 0.786. The van der Waals surface area contributed by atoms with Crippen LogP contribution in [0.1, 0.15) is 27.5 Å². The summed E-state index contributed by atoms with van der Waals surface area (Å²) in [4.78, 5) is 22.7. The molecule has 0 radical (unpaired) electrons. The number of hydrogen-bond donors (Lipinski definition) is 2. The Bertz CT molecular complexity index is 565. The number of benzene rings is 1. The molecule has 0 spiro atoms. The number of hydrogen-bond acceptors (Lipinski definition) is 2. The molecule has 1 aromatic carbocycles. The zero-order chi connectivity index (χ0) is 16.4. The SMILES string of the molecule is [2H]C([2H])([2H])C(=O)Nc1ccc(NC(=O)C([2H])([2H])[2H])c(C)c1. The molecular weight excluding hydrogens is 192 g/mol. The number of carbonyl (C=O) groups is 2. The molecule has 0 aliphatic heterocycles. The lowest BCUT2D eigenvalue weighted by atomic mass is 10.1. The highest BCUT2D eigenvalue weighted by Crippen LogP contribution is 2.19. The predicted octanol–water partition coefficient (Wildman–Crippen LogP) is 1.91. The molecule has 0 heterocycles. The summed E-state index contributed by atoms with van der Waals surface area (Å²) in [6.07, 6.45) is 0. The summed E-state index contributed by atoms with van der Waals surface area (Å²) in [7, 11) is 0. The summed E-state index contributed by atoms with van der Waals surface area (Å²) in [5, 5.41) is 4.44. The minimum atomic E-state index is -2.76.